The van der Waals surface area contributed by atoms with E-state index >= 15 is 0 Å². The molecule has 0 aromatic rings. The molecule has 2 N–H and O–H groups in total. The highest BCUT2D eigenvalue weighted by Crippen LogP contribution is 2.41. The Morgan fingerprint density at radius 1 is 1.50 bits per heavy atom. The van der Waals surface area contributed by atoms with Gasteiger partial charge in [-0.05, 0) is 32.4 Å². The molecular weight excluding hydrogens is 196 g/mol. The van der Waals surface area contributed by atoms with Gasteiger partial charge in [-0.15, -0.1) is 11.8 Å². The van der Waals surface area contributed by atoms with Crippen LogP contribution in [0.2, 0.25) is 0 Å². The molecule has 0 unspecified atom stereocenters. The maximum atomic E-state index is 11.7. The van der Waals surface area contributed by atoms with Crippen molar-refractivity contribution in [2.75, 3.05) is 13.1 Å². The summed E-state index contributed by atoms with van der Waals surface area (Å²) in [5, 5.41) is 6.73. The lowest BCUT2D eigenvalue weighted by Crippen LogP contribution is -2.47. The Morgan fingerprint density at radius 3 is 2.86 bits per heavy atom. The van der Waals surface area contributed by atoms with Crippen LogP contribution in [0.3, 0.4) is 0 Å². The molecule has 2 aliphatic rings. The number of piperidine rings is 1. The molecule has 80 valence electrons. The number of nitrogens with one attached hydrogen (secondary N) is 2. The molecule has 1 spiro atoms. The van der Waals surface area contributed by atoms with E-state index in [4.69, 9.17) is 0 Å². The number of rotatable bonds is 2. The smallest absolute Gasteiger partial charge is 0.234 e. The van der Waals surface area contributed by atoms with E-state index in [0.717, 1.165) is 38.8 Å². The number of carbonyl (C=O) groups excluding carboxylic acids is 1. The normalized spacial score (nSPS) is 30.6. The third kappa shape index (κ3) is 1.91. The van der Waals surface area contributed by atoms with Gasteiger partial charge in [-0.2, -0.15) is 0 Å². The highest BCUT2D eigenvalue weighted by molar-refractivity contribution is 8.02. The topological polar surface area (TPSA) is 41.1 Å². The minimum Gasteiger partial charge on any atom is -0.341 e. The molecule has 0 aromatic heterocycles. The SMILES string of the molecule is CCC[C@@H]1SC2(CCNCC2)NC1=O. The molecule has 2 heterocycles. The lowest BCUT2D eigenvalue weighted by atomic mass is 10.1. The van der Waals surface area contributed by atoms with Crippen LogP contribution >= 0.6 is 11.8 Å². The molecular formula is C10H18N2OS. The summed E-state index contributed by atoms with van der Waals surface area (Å²) in [4.78, 5) is 11.8. The summed E-state index contributed by atoms with van der Waals surface area (Å²) < 4.78 is 0. The predicted molar refractivity (Wildman–Crippen MR) is 59.3 cm³/mol. The van der Waals surface area contributed by atoms with E-state index in [1.165, 1.54) is 0 Å². The van der Waals surface area contributed by atoms with E-state index < -0.39 is 0 Å². The second-order valence-corrected chi connectivity index (χ2v) is 5.71. The largest absolute Gasteiger partial charge is 0.341 e. The number of hydrogen-bond donors (Lipinski definition) is 2. The molecule has 4 heteroatoms. The fourth-order valence-electron chi connectivity index (χ4n) is 2.19. The van der Waals surface area contributed by atoms with E-state index in [1.54, 1.807) is 0 Å². The number of amides is 1. The first-order valence-corrected chi connectivity index (χ1v) is 6.34. The molecule has 0 aliphatic carbocycles. The summed E-state index contributed by atoms with van der Waals surface area (Å²) >= 11 is 1.87. The molecule has 2 aliphatic heterocycles. The Morgan fingerprint density at radius 2 is 2.21 bits per heavy atom. The van der Waals surface area contributed by atoms with Crippen molar-refractivity contribution in [3.05, 3.63) is 0 Å². The standard InChI is InChI=1S/C10H18N2OS/c1-2-3-8-9(13)12-10(14-8)4-6-11-7-5-10/h8,11H,2-7H2,1H3,(H,12,13)/t8-/m0/s1. The second kappa shape index (κ2) is 4.11. The van der Waals surface area contributed by atoms with Gasteiger partial charge in [0.25, 0.3) is 0 Å². The van der Waals surface area contributed by atoms with Gasteiger partial charge in [0.15, 0.2) is 0 Å². The summed E-state index contributed by atoms with van der Waals surface area (Å²) in [7, 11) is 0. The quantitative estimate of drug-likeness (QED) is 0.723. The molecule has 0 saturated carbocycles. The third-order valence-electron chi connectivity index (χ3n) is 2.97. The Balaban J connectivity index is 1.99. The highest BCUT2D eigenvalue weighted by Gasteiger charge is 2.44. The van der Waals surface area contributed by atoms with Gasteiger partial charge in [0.1, 0.15) is 0 Å². The fourth-order valence-corrected chi connectivity index (χ4v) is 3.85. The molecule has 3 nitrogen and oxygen atoms in total. The van der Waals surface area contributed by atoms with Crippen LogP contribution in [0.4, 0.5) is 0 Å². The Labute approximate surface area is 89.4 Å². The summed E-state index contributed by atoms with van der Waals surface area (Å²) in [5.41, 5.74) is 0. The summed E-state index contributed by atoms with van der Waals surface area (Å²) in [6.07, 6.45) is 4.26. The molecule has 14 heavy (non-hydrogen) atoms. The highest BCUT2D eigenvalue weighted by atomic mass is 32.2. The predicted octanol–water partition coefficient (Wildman–Crippen LogP) is 1.10. The van der Waals surface area contributed by atoms with Crippen LogP contribution in [-0.4, -0.2) is 29.1 Å². The lowest BCUT2D eigenvalue weighted by Gasteiger charge is -2.32. The van der Waals surface area contributed by atoms with Gasteiger partial charge >= 0.3 is 0 Å². The van der Waals surface area contributed by atoms with Crippen LogP contribution in [0.15, 0.2) is 0 Å². The maximum absolute atomic E-state index is 11.7. The monoisotopic (exact) mass is 214 g/mol. The first-order valence-electron chi connectivity index (χ1n) is 5.46. The second-order valence-electron chi connectivity index (χ2n) is 4.13. The van der Waals surface area contributed by atoms with E-state index in [-0.39, 0.29) is 16.0 Å². The summed E-state index contributed by atoms with van der Waals surface area (Å²) in [6.45, 7) is 4.21. The van der Waals surface area contributed by atoms with Crippen molar-refractivity contribution in [3.8, 4) is 0 Å². The van der Waals surface area contributed by atoms with Crippen molar-refractivity contribution >= 4 is 17.7 Å². The maximum Gasteiger partial charge on any atom is 0.234 e. The van der Waals surface area contributed by atoms with E-state index in [1.807, 2.05) is 11.8 Å². The van der Waals surface area contributed by atoms with Gasteiger partial charge in [-0.1, -0.05) is 13.3 Å². The number of thioether (sulfide) groups is 1. The van der Waals surface area contributed by atoms with Crippen molar-refractivity contribution in [3.63, 3.8) is 0 Å². The van der Waals surface area contributed by atoms with Crippen molar-refractivity contribution in [2.45, 2.75) is 42.7 Å². The molecule has 1 amide bonds. The molecule has 0 bridgehead atoms. The molecule has 0 radical (unpaired) electrons. The van der Waals surface area contributed by atoms with Crippen molar-refractivity contribution in [1.29, 1.82) is 0 Å². The van der Waals surface area contributed by atoms with Crippen LogP contribution in [0.1, 0.15) is 32.6 Å². The van der Waals surface area contributed by atoms with Crippen molar-refractivity contribution in [2.24, 2.45) is 0 Å². The zero-order valence-electron chi connectivity index (χ0n) is 8.64. The van der Waals surface area contributed by atoms with Crippen LogP contribution in [0.25, 0.3) is 0 Å². The average molecular weight is 214 g/mol. The van der Waals surface area contributed by atoms with Gasteiger partial charge in [-0.25, -0.2) is 0 Å². The van der Waals surface area contributed by atoms with Gasteiger partial charge in [-0.3, -0.25) is 4.79 Å². The van der Waals surface area contributed by atoms with Gasteiger partial charge in [0.05, 0.1) is 10.1 Å². The first-order chi connectivity index (χ1) is 6.76. The zero-order chi connectivity index (χ0) is 10.0. The Bertz CT molecular complexity index is 226. The van der Waals surface area contributed by atoms with Crippen molar-refractivity contribution in [1.82, 2.24) is 10.6 Å². The van der Waals surface area contributed by atoms with Gasteiger partial charge in [0.2, 0.25) is 5.91 Å². The van der Waals surface area contributed by atoms with Crippen LogP contribution in [-0.2, 0) is 4.79 Å². The molecule has 2 rings (SSSR count). The number of carbonyl (C=O) groups is 1. The Hall–Kier alpha value is -0.220. The molecule has 2 fully saturated rings. The average Bonchev–Trinajstić information content (AvgIpc) is 2.45. The summed E-state index contributed by atoms with van der Waals surface area (Å²) in [5.74, 6) is 0.263. The molecule has 0 aromatic carbocycles. The van der Waals surface area contributed by atoms with Crippen molar-refractivity contribution < 1.29 is 4.79 Å². The van der Waals surface area contributed by atoms with Gasteiger partial charge in [0, 0.05) is 0 Å². The van der Waals surface area contributed by atoms with Crippen LogP contribution < -0.4 is 10.6 Å². The number of hydrogen-bond acceptors (Lipinski definition) is 3. The minimum atomic E-state index is 0.0716. The minimum absolute atomic E-state index is 0.0716. The van der Waals surface area contributed by atoms with E-state index in [9.17, 15) is 4.79 Å². The van der Waals surface area contributed by atoms with E-state index in [2.05, 4.69) is 17.6 Å². The first kappa shape index (κ1) is 10.3. The third-order valence-corrected chi connectivity index (χ3v) is 4.67. The molecule has 1 atom stereocenters. The van der Waals surface area contributed by atoms with E-state index in [0.29, 0.717) is 0 Å². The molecule has 2 saturated heterocycles. The van der Waals surface area contributed by atoms with Gasteiger partial charge < -0.3 is 10.6 Å². The van der Waals surface area contributed by atoms with Crippen LogP contribution in [0.5, 0.6) is 0 Å². The van der Waals surface area contributed by atoms with Crippen LogP contribution in [0, 0.1) is 0 Å². The summed E-state index contributed by atoms with van der Waals surface area (Å²) in [6, 6.07) is 0. The lowest BCUT2D eigenvalue weighted by molar-refractivity contribution is -0.120. The fraction of sp³-hybridized carbons (Fsp3) is 0.900. The Kier molecular flexibility index (Phi) is 3.02. The zero-order valence-corrected chi connectivity index (χ0v) is 9.45.